The van der Waals surface area contributed by atoms with Gasteiger partial charge in [-0.05, 0) is 61.8 Å². The fraction of sp³-hybridized carbons (Fsp3) is 0.409. The Labute approximate surface area is 151 Å². The molecule has 1 saturated heterocycles. The number of anilines is 2. The predicted molar refractivity (Wildman–Crippen MR) is 106 cm³/mol. The summed E-state index contributed by atoms with van der Waals surface area (Å²) < 4.78 is 0. The molecule has 0 saturated carbocycles. The second-order valence-corrected chi connectivity index (χ2v) is 7.09. The van der Waals surface area contributed by atoms with E-state index in [2.05, 4.69) is 60.5 Å². The van der Waals surface area contributed by atoms with Gasteiger partial charge in [0.2, 0.25) is 5.91 Å². The lowest BCUT2D eigenvalue weighted by Gasteiger charge is -2.33. The van der Waals surface area contributed by atoms with Crippen LogP contribution in [0.25, 0.3) is 0 Å². The molecule has 1 aliphatic rings. The number of piperidine rings is 1. The molecule has 3 nitrogen and oxygen atoms in total. The van der Waals surface area contributed by atoms with Gasteiger partial charge in [0.05, 0.1) is 0 Å². The highest BCUT2D eigenvalue weighted by atomic mass is 16.1. The first-order valence-electron chi connectivity index (χ1n) is 9.26. The van der Waals surface area contributed by atoms with E-state index < -0.39 is 0 Å². The van der Waals surface area contributed by atoms with Gasteiger partial charge < -0.3 is 10.2 Å². The predicted octanol–water partition coefficient (Wildman–Crippen LogP) is 4.84. The average Bonchev–Trinajstić information content (AvgIpc) is 2.60. The topological polar surface area (TPSA) is 32.3 Å². The number of aryl methyl sites for hydroxylation is 1. The van der Waals surface area contributed by atoms with Crippen LogP contribution < -0.4 is 10.2 Å². The Balaban J connectivity index is 2.06. The highest BCUT2D eigenvalue weighted by Gasteiger charge is 2.21. The summed E-state index contributed by atoms with van der Waals surface area (Å²) in [6.45, 7) is 8.02. The summed E-state index contributed by atoms with van der Waals surface area (Å²) in [6.07, 6.45) is 4.73. The Morgan fingerprint density at radius 2 is 1.76 bits per heavy atom. The molecule has 132 valence electrons. The van der Waals surface area contributed by atoms with Gasteiger partial charge in [-0.3, -0.25) is 4.79 Å². The van der Waals surface area contributed by atoms with Crippen LogP contribution in [0, 0.1) is 13.8 Å². The van der Waals surface area contributed by atoms with E-state index in [0.717, 1.165) is 30.8 Å². The Morgan fingerprint density at radius 3 is 2.40 bits per heavy atom. The van der Waals surface area contributed by atoms with E-state index in [1.54, 1.807) is 6.92 Å². The lowest BCUT2D eigenvalue weighted by atomic mass is 9.94. The SMILES string of the molecule is CC(=O)Nc1c(C)cc(Cc2ccccc2)c(N2CCCCC2)c1C. The molecule has 1 amide bonds. The number of hydrogen-bond donors (Lipinski definition) is 1. The highest BCUT2D eigenvalue weighted by molar-refractivity contribution is 5.92. The molecule has 1 fully saturated rings. The van der Waals surface area contributed by atoms with Crippen molar-refractivity contribution >= 4 is 17.3 Å². The quantitative estimate of drug-likeness (QED) is 0.866. The molecule has 0 radical (unpaired) electrons. The second-order valence-electron chi connectivity index (χ2n) is 7.09. The smallest absolute Gasteiger partial charge is 0.221 e. The monoisotopic (exact) mass is 336 g/mol. The molecule has 0 bridgehead atoms. The van der Waals surface area contributed by atoms with E-state index in [1.165, 1.54) is 41.6 Å². The van der Waals surface area contributed by atoms with Crippen LogP contribution in [0.15, 0.2) is 36.4 Å². The van der Waals surface area contributed by atoms with E-state index in [-0.39, 0.29) is 5.91 Å². The third-order valence-electron chi connectivity index (χ3n) is 5.03. The zero-order valence-electron chi connectivity index (χ0n) is 15.6. The molecule has 0 unspecified atom stereocenters. The largest absolute Gasteiger partial charge is 0.371 e. The summed E-state index contributed by atoms with van der Waals surface area (Å²) in [5.74, 6) is -0.00777. The fourth-order valence-electron chi connectivity index (χ4n) is 3.93. The van der Waals surface area contributed by atoms with Crippen LogP contribution in [0.3, 0.4) is 0 Å². The zero-order valence-corrected chi connectivity index (χ0v) is 15.6. The van der Waals surface area contributed by atoms with Crippen molar-refractivity contribution < 1.29 is 4.79 Å². The fourth-order valence-corrected chi connectivity index (χ4v) is 3.93. The molecule has 2 aromatic rings. The van der Waals surface area contributed by atoms with Crippen LogP contribution >= 0.6 is 0 Å². The van der Waals surface area contributed by atoms with Gasteiger partial charge in [-0.15, -0.1) is 0 Å². The molecular weight excluding hydrogens is 308 g/mol. The summed E-state index contributed by atoms with van der Waals surface area (Å²) >= 11 is 0. The number of nitrogens with one attached hydrogen (secondary N) is 1. The van der Waals surface area contributed by atoms with E-state index in [0.29, 0.717) is 0 Å². The van der Waals surface area contributed by atoms with Crippen molar-refractivity contribution in [1.82, 2.24) is 0 Å². The number of hydrogen-bond acceptors (Lipinski definition) is 2. The molecule has 0 aromatic heterocycles. The Morgan fingerprint density at radius 1 is 1.08 bits per heavy atom. The normalized spacial score (nSPS) is 14.4. The third-order valence-corrected chi connectivity index (χ3v) is 5.03. The first-order chi connectivity index (χ1) is 12.1. The minimum Gasteiger partial charge on any atom is -0.371 e. The van der Waals surface area contributed by atoms with E-state index in [9.17, 15) is 4.79 Å². The van der Waals surface area contributed by atoms with E-state index >= 15 is 0 Å². The summed E-state index contributed by atoms with van der Waals surface area (Å²) in [5, 5.41) is 3.05. The van der Waals surface area contributed by atoms with Gasteiger partial charge >= 0.3 is 0 Å². The lowest BCUT2D eigenvalue weighted by Crippen LogP contribution is -2.31. The number of carbonyl (C=O) groups excluding carboxylic acids is 1. The molecule has 3 rings (SSSR count). The van der Waals surface area contributed by atoms with Gasteiger partial charge in [0.1, 0.15) is 0 Å². The number of rotatable bonds is 4. The van der Waals surface area contributed by atoms with Gasteiger partial charge in [0, 0.05) is 31.4 Å². The second kappa shape index (κ2) is 7.73. The average molecular weight is 336 g/mol. The van der Waals surface area contributed by atoms with Crippen molar-refractivity contribution in [3.8, 4) is 0 Å². The number of carbonyl (C=O) groups is 1. The molecule has 0 spiro atoms. The van der Waals surface area contributed by atoms with Crippen LogP contribution in [0.2, 0.25) is 0 Å². The third kappa shape index (κ3) is 4.04. The van der Waals surface area contributed by atoms with Crippen molar-refractivity contribution in [2.24, 2.45) is 0 Å². The molecule has 2 aromatic carbocycles. The summed E-state index contributed by atoms with van der Waals surface area (Å²) in [7, 11) is 0. The van der Waals surface area contributed by atoms with Crippen LogP contribution in [0.4, 0.5) is 11.4 Å². The lowest BCUT2D eigenvalue weighted by molar-refractivity contribution is -0.114. The van der Waals surface area contributed by atoms with Crippen molar-refractivity contribution in [2.75, 3.05) is 23.3 Å². The van der Waals surface area contributed by atoms with Gasteiger partial charge in [-0.25, -0.2) is 0 Å². The molecule has 25 heavy (non-hydrogen) atoms. The zero-order chi connectivity index (χ0) is 17.8. The van der Waals surface area contributed by atoms with Crippen LogP contribution in [0.5, 0.6) is 0 Å². The highest BCUT2D eigenvalue weighted by Crippen LogP contribution is 2.36. The molecule has 0 atom stereocenters. The molecule has 1 heterocycles. The van der Waals surface area contributed by atoms with Gasteiger partial charge in [-0.2, -0.15) is 0 Å². The maximum Gasteiger partial charge on any atom is 0.221 e. The maximum atomic E-state index is 11.7. The van der Waals surface area contributed by atoms with Crippen LogP contribution in [-0.4, -0.2) is 19.0 Å². The van der Waals surface area contributed by atoms with Crippen molar-refractivity contribution in [3.05, 3.63) is 58.7 Å². The van der Waals surface area contributed by atoms with Crippen molar-refractivity contribution in [2.45, 2.75) is 46.5 Å². The van der Waals surface area contributed by atoms with E-state index in [4.69, 9.17) is 0 Å². The van der Waals surface area contributed by atoms with Crippen LogP contribution in [-0.2, 0) is 11.2 Å². The number of nitrogens with zero attached hydrogens (tertiary/aromatic N) is 1. The molecule has 1 aliphatic heterocycles. The summed E-state index contributed by atoms with van der Waals surface area (Å²) in [4.78, 5) is 14.2. The first kappa shape index (κ1) is 17.5. The minimum absolute atomic E-state index is 0.00777. The minimum atomic E-state index is -0.00777. The Hall–Kier alpha value is -2.29. The van der Waals surface area contributed by atoms with Crippen LogP contribution in [0.1, 0.15) is 48.4 Å². The Kier molecular flexibility index (Phi) is 5.42. The molecule has 0 aliphatic carbocycles. The van der Waals surface area contributed by atoms with Gasteiger partial charge in [0.25, 0.3) is 0 Å². The van der Waals surface area contributed by atoms with Gasteiger partial charge in [-0.1, -0.05) is 36.4 Å². The van der Waals surface area contributed by atoms with Crippen molar-refractivity contribution in [1.29, 1.82) is 0 Å². The molecule has 3 heteroatoms. The molecular formula is C22H28N2O. The Bertz CT molecular complexity index is 746. The van der Waals surface area contributed by atoms with E-state index in [1.807, 2.05) is 0 Å². The number of benzene rings is 2. The van der Waals surface area contributed by atoms with Gasteiger partial charge in [0.15, 0.2) is 0 Å². The summed E-state index contributed by atoms with van der Waals surface area (Å²) in [6, 6.07) is 12.9. The maximum absolute atomic E-state index is 11.7. The number of amides is 1. The first-order valence-corrected chi connectivity index (χ1v) is 9.26. The summed E-state index contributed by atoms with van der Waals surface area (Å²) in [5.41, 5.74) is 7.31. The standard InChI is InChI=1S/C22H28N2O/c1-16-14-20(15-19-10-6-4-7-11-19)22(24-12-8-5-9-13-24)17(2)21(16)23-18(3)25/h4,6-7,10-11,14H,5,8-9,12-13,15H2,1-3H3,(H,23,25). The van der Waals surface area contributed by atoms with Crippen molar-refractivity contribution in [3.63, 3.8) is 0 Å². The molecule has 1 N–H and O–H groups in total.